The average Bonchev–Trinajstić information content (AvgIpc) is 3.47. The number of aliphatic hydroxyl groups is 1. The van der Waals surface area contributed by atoms with Gasteiger partial charge in [-0.3, -0.25) is 10.1 Å². The molecular weight excluding hydrogens is 386 g/mol. The third kappa shape index (κ3) is 3.44. The summed E-state index contributed by atoms with van der Waals surface area (Å²) in [7, 11) is 0. The van der Waals surface area contributed by atoms with Crippen molar-refractivity contribution >= 4 is 16.6 Å². The van der Waals surface area contributed by atoms with E-state index in [0.29, 0.717) is 36.8 Å². The number of aromatic nitrogens is 3. The number of rotatable bonds is 5. The standard InChI is InChI=1S/C21H20N5O4/c27-16-9-19(25(12-16)11-14-10-22-18-7-2-1-6-17(14)18)21-23-20(24-30-21)13-4-3-5-15(8-13)26(28)29/h1-8,10,16,19,22,27-28H,9,11-12H2/q-1. The van der Waals surface area contributed by atoms with Gasteiger partial charge in [-0.05, 0) is 30.2 Å². The number of fused-ring (bicyclic) bond motifs is 1. The number of aliphatic hydroxyl groups excluding tert-OH is 1. The Bertz CT molecular complexity index is 1170. The minimum Gasteiger partial charge on any atom is -0.733 e. The van der Waals surface area contributed by atoms with E-state index in [4.69, 9.17) is 9.73 Å². The van der Waals surface area contributed by atoms with Crippen LogP contribution in [-0.4, -0.2) is 43.0 Å². The van der Waals surface area contributed by atoms with E-state index in [1.165, 1.54) is 12.1 Å². The van der Waals surface area contributed by atoms with E-state index in [9.17, 15) is 10.3 Å². The van der Waals surface area contributed by atoms with E-state index in [0.717, 1.165) is 16.5 Å². The van der Waals surface area contributed by atoms with Gasteiger partial charge in [0.2, 0.25) is 11.7 Å². The number of para-hydroxylation sites is 1. The van der Waals surface area contributed by atoms with Gasteiger partial charge in [0.1, 0.15) is 0 Å². The first kappa shape index (κ1) is 18.8. The second-order valence-electron chi connectivity index (χ2n) is 7.47. The number of anilines is 1. The quantitative estimate of drug-likeness (QED) is 0.432. The van der Waals surface area contributed by atoms with Gasteiger partial charge < -0.3 is 25.0 Å². The van der Waals surface area contributed by atoms with Crippen LogP contribution in [0.4, 0.5) is 5.69 Å². The Morgan fingerprint density at radius 3 is 2.97 bits per heavy atom. The second-order valence-corrected chi connectivity index (χ2v) is 7.47. The lowest BCUT2D eigenvalue weighted by Gasteiger charge is -2.21. The Kier molecular flexibility index (Phi) is 4.72. The van der Waals surface area contributed by atoms with Crippen molar-refractivity contribution in [2.24, 2.45) is 0 Å². The number of nitrogens with zero attached hydrogens (tertiary/aromatic N) is 4. The van der Waals surface area contributed by atoms with Gasteiger partial charge in [0.15, 0.2) is 0 Å². The lowest BCUT2D eigenvalue weighted by molar-refractivity contribution is 0.169. The zero-order valence-electron chi connectivity index (χ0n) is 16.0. The number of aromatic amines is 1. The molecule has 1 aliphatic rings. The van der Waals surface area contributed by atoms with E-state index >= 15 is 0 Å². The van der Waals surface area contributed by atoms with E-state index in [2.05, 4.69) is 26.1 Å². The number of hydrogen-bond acceptors (Lipinski definition) is 8. The summed E-state index contributed by atoms with van der Waals surface area (Å²) in [5.74, 6) is 0.733. The van der Waals surface area contributed by atoms with Crippen molar-refractivity contribution < 1.29 is 14.8 Å². The number of nitrogens with one attached hydrogen (secondary N) is 1. The van der Waals surface area contributed by atoms with Crippen molar-refractivity contribution in [1.82, 2.24) is 20.0 Å². The Labute approximate surface area is 171 Å². The number of β-amino-alcohol motifs (C(OH)–C–C–N with tert-alkyl or cyclic N) is 1. The molecule has 0 radical (unpaired) electrons. The molecule has 0 saturated carbocycles. The molecule has 0 amide bonds. The summed E-state index contributed by atoms with van der Waals surface area (Å²) in [6.45, 7) is 1.14. The smallest absolute Gasteiger partial charge is 0.244 e. The Morgan fingerprint density at radius 2 is 2.10 bits per heavy atom. The molecule has 0 spiro atoms. The second kappa shape index (κ2) is 7.54. The first-order chi connectivity index (χ1) is 14.6. The van der Waals surface area contributed by atoms with Gasteiger partial charge in [-0.2, -0.15) is 4.98 Å². The highest BCUT2D eigenvalue weighted by atomic mass is 16.8. The van der Waals surface area contributed by atoms with Gasteiger partial charge in [0.25, 0.3) is 0 Å². The van der Waals surface area contributed by atoms with Crippen molar-refractivity contribution in [3.63, 3.8) is 0 Å². The molecule has 1 saturated heterocycles. The van der Waals surface area contributed by atoms with Crippen LogP contribution in [0.2, 0.25) is 0 Å². The van der Waals surface area contributed by atoms with Crippen LogP contribution in [0, 0.1) is 5.21 Å². The predicted molar refractivity (Wildman–Crippen MR) is 109 cm³/mol. The van der Waals surface area contributed by atoms with Crippen molar-refractivity contribution in [3.8, 4) is 11.4 Å². The van der Waals surface area contributed by atoms with Gasteiger partial charge in [-0.25, -0.2) is 0 Å². The van der Waals surface area contributed by atoms with Gasteiger partial charge in [0.05, 0.1) is 17.8 Å². The summed E-state index contributed by atoms with van der Waals surface area (Å²) in [4.78, 5) is 9.90. The lowest BCUT2D eigenvalue weighted by atomic mass is 10.1. The lowest BCUT2D eigenvalue weighted by Crippen LogP contribution is -2.24. The summed E-state index contributed by atoms with van der Waals surface area (Å²) < 4.78 is 5.51. The number of likely N-dealkylation sites (tertiary alicyclic amines) is 1. The van der Waals surface area contributed by atoms with Crippen LogP contribution in [0.1, 0.15) is 23.9 Å². The molecule has 2 aromatic heterocycles. The molecule has 9 heteroatoms. The van der Waals surface area contributed by atoms with Gasteiger partial charge >= 0.3 is 0 Å². The minimum atomic E-state index is -0.484. The molecule has 3 heterocycles. The molecule has 1 fully saturated rings. The summed E-state index contributed by atoms with van der Waals surface area (Å²) in [5, 5.41) is 35.5. The van der Waals surface area contributed by atoms with Gasteiger partial charge in [-0.1, -0.05) is 35.5 Å². The fourth-order valence-corrected chi connectivity index (χ4v) is 4.04. The molecule has 2 atom stereocenters. The third-order valence-corrected chi connectivity index (χ3v) is 5.48. The zero-order valence-corrected chi connectivity index (χ0v) is 16.0. The van der Waals surface area contributed by atoms with Crippen LogP contribution in [-0.2, 0) is 6.54 Å². The molecule has 4 aromatic rings. The maximum absolute atomic E-state index is 11.1. The van der Waals surface area contributed by atoms with Crippen LogP contribution < -0.4 is 5.23 Å². The first-order valence-electron chi connectivity index (χ1n) is 9.66. The molecule has 2 aromatic carbocycles. The fraction of sp³-hybridized carbons (Fsp3) is 0.238. The first-order valence-corrected chi connectivity index (χ1v) is 9.66. The maximum atomic E-state index is 11.1. The SMILES string of the molecule is [O-]N(O)c1cccc(-c2noc(C3CC(O)CN3Cc3c[nH]c4ccccc34)n2)c1. The van der Waals surface area contributed by atoms with Crippen LogP contribution >= 0.6 is 0 Å². The molecule has 9 nitrogen and oxygen atoms in total. The Hall–Kier alpha value is -3.24. The van der Waals surface area contributed by atoms with Crippen LogP contribution in [0.5, 0.6) is 0 Å². The summed E-state index contributed by atoms with van der Waals surface area (Å²) in [6.07, 6.45) is 2.00. The molecule has 5 rings (SSSR count). The minimum absolute atomic E-state index is 0.0797. The molecule has 1 aliphatic heterocycles. The van der Waals surface area contributed by atoms with E-state index in [-0.39, 0.29) is 17.0 Å². The predicted octanol–water partition coefficient (Wildman–Crippen LogP) is 3.22. The van der Waals surface area contributed by atoms with Gasteiger partial charge in [-0.15, -0.1) is 0 Å². The Balaban J connectivity index is 1.41. The molecule has 154 valence electrons. The highest BCUT2D eigenvalue weighted by molar-refractivity contribution is 5.83. The van der Waals surface area contributed by atoms with E-state index < -0.39 is 6.10 Å². The van der Waals surface area contributed by atoms with Crippen LogP contribution in [0.3, 0.4) is 0 Å². The van der Waals surface area contributed by atoms with Crippen molar-refractivity contribution in [3.05, 3.63) is 71.4 Å². The summed E-state index contributed by atoms with van der Waals surface area (Å²) in [5.41, 5.74) is 2.84. The van der Waals surface area contributed by atoms with Crippen LogP contribution in [0.25, 0.3) is 22.3 Å². The molecule has 30 heavy (non-hydrogen) atoms. The normalized spacial score (nSPS) is 19.6. The van der Waals surface area contributed by atoms with Crippen molar-refractivity contribution in [1.29, 1.82) is 0 Å². The molecule has 0 aliphatic carbocycles. The highest BCUT2D eigenvalue weighted by Gasteiger charge is 2.36. The molecule has 0 bridgehead atoms. The van der Waals surface area contributed by atoms with Crippen molar-refractivity contribution in [2.75, 3.05) is 11.8 Å². The molecule has 3 N–H and O–H groups in total. The fourth-order valence-electron chi connectivity index (χ4n) is 4.04. The zero-order chi connectivity index (χ0) is 20.7. The average molecular weight is 406 g/mol. The number of H-pyrrole nitrogens is 1. The largest absolute Gasteiger partial charge is 0.733 e. The van der Waals surface area contributed by atoms with Crippen molar-refractivity contribution in [2.45, 2.75) is 25.1 Å². The molecule has 2 unspecified atom stereocenters. The number of hydrogen-bond donors (Lipinski definition) is 3. The third-order valence-electron chi connectivity index (χ3n) is 5.48. The number of benzene rings is 2. The monoisotopic (exact) mass is 406 g/mol. The highest BCUT2D eigenvalue weighted by Crippen LogP contribution is 2.35. The summed E-state index contributed by atoms with van der Waals surface area (Å²) >= 11 is 0. The maximum Gasteiger partial charge on any atom is 0.244 e. The molecular formula is C21H20N5O4-. The van der Waals surface area contributed by atoms with E-state index in [1.807, 2.05) is 24.4 Å². The Morgan fingerprint density at radius 1 is 1.23 bits per heavy atom. The topological polar surface area (TPSA) is 125 Å². The summed E-state index contributed by atoms with van der Waals surface area (Å²) in [6, 6.07) is 14.2. The van der Waals surface area contributed by atoms with Crippen LogP contribution in [0.15, 0.2) is 59.3 Å². The van der Waals surface area contributed by atoms with Gasteiger partial charge in [0, 0.05) is 35.8 Å². The van der Waals surface area contributed by atoms with E-state index in [1.54, 1.807) is 12.1 Å².